The van der Waals surface area contributed by atoms with Crippen LogP contribution in [0, 0.1) is 12.8 Å². The molecule has 3 aromatic rings. The van der Waals surface area contributed by atoms with E-state index in [-0.39, 0.29) is 11.8 Å². The third-order valence-electron chi connectivity index (χ3n) is 7.11. The standard InChI is InChI=1S/C27H31N3O/c1-4-20(2)29-17-18-30(21(29)3)25-16-15-24(19-25)27(26(28)31,22-11-7-5-8-12-22)23-13-9-6-10-14-23/h5-14,17-18,24-25H,2,4,15-16,19H2,1,3H3,(H-,28,31)/p+1/t24-,25+/m1/s1. The summed E-state index contributed by atoms with van der Waals surface area (Å²) in [5.74, 6) is 1.04. The van der Waals surface area contributed by atoms with Gasteiger partial charge in [0.2, 0.25) is 5.91 Å². The number of carbonyl (C=O) groups excluding carboxylic acids is 1. The highest BCUT2D eigenvalue weighted by molar-refractivity contribution is 5.91. The summed E-state index contributed by atoms with van der Waals surface area (Å²) in [5.41, 5.74) is 8.46. The molecule has 2 N–H and O–H groups in total. The first-order valence-electron chi connectivity index (χ1n) is 11.2. The molecule has 4 rings (SSSR count). The number of carbonyl (C=O) groups is 1. The molecule has 1 fully saturated rings. The molecule has 1 heterocycles. The van der Waals surface area contributed by atoms with Crippen molar-refractivity contribution in [3.8, 4) is 0 Å². The van der Waals surface area contributed by atoms with Crippen LogP contribution in [-0.4, -0.2) is 10.5 Å². The molecule has 0 unspecified atom stereocenters. The second-order valence-electron chi connectivity index (χ2n) is 8.61. The number of nitrogens with two attached hydrogens (primary N) is 1. The normalized spacial score (nSPS) is 18.8. The lowest BCUT2D eigenvalue weighted by Gasteiger charge is -2.37. The first-order chi connectivity index (χ1) is 15.0. The number of primary amides is 1. The maximum Gasteiger partial charge on any atom is 0.258 e. The number of aromatic nitrogens is 2. The Bertz CT molecular complexity index is 1030. The molecular formula is C27H32N3O+. The van der Waals surface area contributed by atoms with Crippen LogP contribution in [0.5, 0.6) is 0 Å². The molecular weight excluding hydrogens is 382 g/mol. The molecule has 0 spiro atoms. The summed E-state index contributed by atoms with van der Waals surface area (Å²) in [6, 6.07) is 20.5. The molecule has 0 radical (unpaired) electrons. The molecule has 0 aliphatic heterocycles. The number of benzene rings is 2. The zero-order valence-corrected chi connectivity index (χ0v) is 18.5. The van der Waals surface area contributed by atoms with Crippen LogP contribution in [0.1, 0.15) is 55.6 Å². The van der Waals surface area contributed by atoms with Crippen molar-refractivity contribution < 1.29 is 9.36 Å². The number of rotatable bonds is 7. The third-order valence-corrected chi connectivity index (χ3v) is 7.11. The fraction of sp³-hybridized carbons (Fsp3) is 0.333. The molecule has 1 amide bonds. The molecule has 1 aromatic heterocycles. The van der Waals surface area contributed by atoms with E-state index in [1.54, 1.807) is 0 Å². The molecule has 2 atom stereocenters. The topological polar surface area (TPSA) is 51.9 Å². The van der Waals surface area contributed by atoms with E-state index >= 15 is 0 Å². The van der Waals surface area contributed by atoms with E-state index < -0.39 is 5.41 Å². The number of nitrogens with zero attached hydrogens (tertiary/aromatic N) is 2. The maximum absolute atomic E-state index is 13.3. The van der Waals surface area contributed by atoms with E-state index in [1.165, 1.54) is 5.82 Å². The van der Waals surface area contributed by atoms with Gasteiger partial charge in [0.05, 0.1) is 0 Å². The molecule has 160 valence electrons. The molecule has 0 bridgehead atoms. The molecule has 1 saturated carbocycles. The quantitative estimate of drug-likeness (QED) is 0.556. The van der Waals surface area contributed by atoms with Crippen LogP contribution < -0.4 is 10.3 Å². The number of amides is 1. The van der Waals surface area contributed by atoms with E-state index in [0.717, 1.165) is 42.5 Å². The molecule has 4 nitrogen and oxygen atoms in total. The Balaban J connectivity index is 1.76. The van der Waals surface area contributed by atoms with Gasteiger partial charge in [0.1, 0.15) is 29.5 Å². The van der Waals surface area contributed by atoms with Gasteiger partial charge in [-0.05, 0) is 36.3 Å². The van der Waals surface area contributed by atoms with E-state index in [1.807, 2.05) is 60.7 Å². The van der Waals surface area contributed by atoms with Crippen LogP contribution in [0.2, 0.25) is 0 Å². The van der Waals surface area contributed by atoms with Crippen LogP contribution in [0.4, 0.5) is 0 Å². The summed E-state index contributed by atoms with van der Waals surface area (Å²) in [6.45, 7) is 8.46. The van der Waals surface area contributed by atoms with Crippen LogP contribution >= 0.6 is 0 Å². The van der Waals surface area contributed by atoms with Gasteiger partial charge in [0, 0.05) is 13.3 Å². The van der Waals surface area contributed by atoms with Crippen molar-refractivity contribution in [2.24, 2.45) is 11.7 Å². The van der Waals surface area contributed by atoms with Crippen molar-refractivity contribution in [3.63, 3.8) is 0 Å². The van der Waals surface area contributed by atoms with E-state index in [0.29, 0.717) is 6.04 Å². The van der Waals surface area contributed by atoms with Crippen molar-refractivity contribution in [2.75, 3.05) is 0 Å². The average molecular weight is 415 g/mol. The van der Waals surface area contributed by atoms with Gasteiger partial charge in [-0.3, -0.25) is 4.79 Å². The summed E-state index contributed by atoms with van der Waals surface area (Å²) >= 11 is 0. The second kappa shape index (κ2) is 8.54. The molecule has 0 saturated heterocycles. The van der Waals surface area contributed by atoms with Crippen LogP contribution in [0.3, 0.4) is 0 Å². The predicted octanol–water partition coefficient (Wildman–Crippen LogP) is 4.78. The Hall–Kier alpha value is -3.14. The van der Waals surface area contributed by atoms with Crippen LogP contribution in [0.25, 0.3) is 5.70 Å². The Morgan fingerprint density at radius 1 is 1.10 bits per heavy atom. The van der Waals surface area contributed by atoms with E-state index in [9.17, 15) is 4.79 Å². The lowest BCUT2D eigenvalue weighted by atomic mass is 9.64. The van der Waals surface area contributed by atoms with Gasteiger partial charge in [0.15, 0.2) is 0 Å². The average Bonchev–Trinajstić information content (AvgIpc) is 3.42. The summed E-state index contributed by atoms with van der Waals surface area (Å²) in [6.07, 6.45) is 8.04. The molecule has 2 aromatic carbocycles. The Labute approximate surface area is 185 Å². The first-order valence-corrected chi connectivity index (χ1v) is 11.2. The van der Waals surface area contributed by atoms with Gasteiger partial charge >= 0.3 is 0 Å². The minimum Gasteiger partial charge on any atom is -0.369 e. The third kappa shape index (κ3) is 3.50. The van der Waals surface area contributed by atoms with Gasteiger partial charge in [-0.25, -0.2) is 9.13 Å². The highest BCUT2D eigenvalue weighted by Gasteiger charge is 2.51. The van der Waals surface area contributed by atoms with Crippen molar-refractivity contribution in [1.82, 2.24) is 4.57 Å². The minimum atomic E-state index is -0.832. The Kier molecular flexibility index (Phi) is 5.81. The summed E-state index contributed by atoms with van der Waals surface area (Å²) in [7, 11) is 0. The molecule has 4 heteroatoms. The van der Waals surface area contributed by atoms with Gasteiger partial charge in [-0.1, -0.05) is 74.2 Å². The fourth-order valence-electron chi connectivity index (χ4n) is 5.50. The molecule has 1 aliphatic rings. The second-order valence-corrected chi connectivity index (χ2v) is 8.61. The number of allylic oxidation sites excluding steroid dienone is 1. The Morgan fingerprint density at radius 2 is 1.68 bits per heavy atom. The van der Waals surface area contributed by atoms with Gasteiger partial charge in [0.25, 0.3) is 5.82 Å². The molecule has 1 aliphatic carbocycles. The number of hydrogen-bond donors (Lipinski definition) is 1. The maximum atomic E-state index is 13.3. The van der Waals surface area contributed by atoms with Crippen LogP contribution in [-0.2, 0) is 10.2 Å². The Morgan fingerprint density at radius 3 is 2.19 bits per heavy atom. The fourth-order valence-corrected chi connectivity index (χ4v) is 5.50. The molecule has 31 heavy (non-hydrogen) atoms. The summed E-state index contributed by atoms with van der Waals surface area (Å²) in [5, 5.41) is 0. The largest absolute Gasteiger partial charge is 0.369 e. The first kappa shape index (κ1) is 21.1. The smallest absolute Gasteiger partial charge is 0.258 e. The monoisotopic (exact) mass is 414 g/mol. The zero-order chi connectivity index (χ0) is 22.0. The lowest BCUT2D eigenvalue weighted by Crippen LogP contribution is -2.48. The van der Waals surface area contributed by atoms with E-state index in [4.69, 9.17) is 5.73 Å². The van der Waals surface area contributed by atoms with Gasteiger partial charge in [-0.15, -0.1) is 0 Å². The van der Waals surface area contributed by atoms with Crippen molar-refractivity contribution >= 4 is 11.6 Å². The highest BCUT2D eigenvalue weighted by Crippen LogP contribution is 2.48. The van der Waals surface area contributed by atoms with Crippen LogP contribution in [0.15, 0.2) is 79.6 Å². The lowest BCUT2D eigenvalue weighted by molar-refractivity contribution is -0.726. The number of imidazole rings is 1. The predicted molar refractivity (Wildman–Crippen MR) is 124 cm³/mol. The highest BCUT2D eigenvalue weighted by atomic mass is 16.1. The summed E-state index contributed by atoms with van der Waals surface area (Å²) < 4.78 is 4.52. The zero-order valence-electron chi connectivity index (χ0n) is 18.5. The van der Waals surface area contributed by atoms with Crippen molar-refractivity contribution in [2.45, 2.75) is 51.0 Å². The van der Waals surface area contributed by atoms with Crippen molar-refractivity contribution in [3.05, 3.63) is 96.6 Å². The minimum absolute atomic E-state index is 0.129. The SMILES string of the molecule is C=C(CC)n1cc[n+]([C@H]2CC[C@@H](C(C(N)=O)(c3ccccc3)c3ccccc3)C2)c1C. The van der Waals surface area contributed by atoms with Gasteiger partial charge < -0.3 is 5.73 Å². The van der Waals surface area contributed by atoms with Gasteiger partial charge in [-0.2, -0.15) is 0 Å². The van der Waals surface area contributed by atoms with E-state index in [2.05, 4.69) is 42.0 Å². The summed E-state index contributed by atoms with van der Waals surface area (Å²) in [4.78, 5) is 13.3. The van der Waals surface area contributed by atoms with Crippen molar-refractivity contribution in [1.29, 1.82) is 0 Å². The number of hydrogen-bond acceptors (Lipinski definition) is 1.